The van der Waals surface area contributed by atoms with Crippen LogP contribution in [0.25, 0.3) is 33.7 Å². The van der Waals surface area contributed by atoms with Crippen molar-refractivity contribution >= 4 is 19.1 Å². The van der Waals surface area contributed by atoms with E-state index in [1.807, 2.05) is 28.4 Å². The zero-order valence-corrected chi connectivity index (χ0v) is 22.4. The molecular formula is C26H33FN6O2Si. The second kappa shape index (κ2) is 10.2. The summed E-state index contributed by atoms with van der Waals surface area (Å²) in [4.78, 5) is 9.16. The number of aryl methyl sites for hydroxylation is 1. The van der Waals surface area contributed by atoms with E-state index in [2.05, 4.69) is 24.6 Å². The molecule has 1 fully saturated rings. The van der Waals surface area contributed by atoms with Crippen molar-refractivity contribution in [2.24, 2.45) is 0 Å². The minimum atomic E-state index is -1.20. The maximum absolute atomic E-state index is 13.7. The summed E-state index contributed by atoms with van der Waals surface area (Å²) in [6, 6.07) is 8.19. The van der Waals surface area contributed by atoms with Gasteiger partial charge in [-0.25, -0.2) is 18.7 Å². The number of halogens is 1. The Hall–Kier alpha value is -2.95. The molecule has 0 aliphatic carbocycles. The summed E-state index contributed by atoms with van der Waals surface area (Å²) in [5.41, 5.74) is 4.59. The van der Waals surface area contributed by atoms with Crippen molar-refractivity contribution < 1.29 is 13.9 Å². The summed E-state index contributed by atoms with van der Waals surface area (Å²) in [6.45, 7) is 10.7. The number of ether oxygens (including phenoxy) is 2. The number of pyridine rings is 2. The van der Waals surface area contributed by atoms with Crippen molar-refractivity contribution in [3.05, 3.63) is 48.2 Å². The van der Waals surface area contributed by atoms with Gasteiger partial charge in [-0.15, -0.1) is 0 Å². The summed E-state index contributed by atoms with van der Waals surface area (Å²) in [6.07, 6.45) is 5.78. The van der Waals surface area contributed by atoms with Crippen LogP contribution in [0.4, 0.5) is 4.39 Å². The van der Waals surface area contributed by atoms with Crippen molar-refractivity contribution in [1.82, 2.24) is 29.5 Å². The van der Waals surface area contributed by atoms with Gasteiger partial charge in [0.2, 0.25) is 0 Å². The molecule has 5 rings (SSSR count). The molecule has 190 valence electrons. The first kappa shape index (κ1) is 24.7. The Balaban J connectivity index is 1.58. The quantitative estimate of drug-likeness (QED) is 0.221. The van der Waals surface area contributed by atoms with Crippen molar-refractivity contribution in [2.75, 3.05) is 13.2 Å². The molecule has 36 heavy (non-hydrogen) atoms. The van der Waals surface area contributed by atoms with Gasteiger partial charge < -0.3 is 9.47 Å². The minimum Gasteiger partial charge on any atom is -0.359 e. The van der Waals surface area contributed by atoms with Crippen LogP contribution in [0.5, 0.6) is 0 Å². The molecule has 1 saturated heterocycles. The molecule has 0 bridgehead atoms. The Morgan fingerprint density at radius 2 is 2.00 bits per heavy atom. The van der Waals surface area contributed by atoms with E-state index < -0.39 is 8.07 Å². The number of hydrogen-bond donors (Lipinski definition) is 0. The summed E-state index contributed by atoms with van der Waals surface area (Å²) in [5.74, 6) is -0.384. The molecule has 0 amide bonds. The van der Waals surface area contributed by atoms with E-state index in [1.165, 1.54) is 12.3 Å². The van der Waals surface area contributed by atoms with Gasteiger partial charge in [0.05, 0.1) is 29.3 Å². The Morgan fingerprint density at radius 3 is 2.72 bits per heavy atom. The van der Waals surface area contributed by atoms with E-state index >= 15 is 0 Å². The van der Waals surface area contributed by atoms with Crippen LogP contribution in [-0.4, -0.2) is 50.8 Å². The van der Waals surface area contributed by atoms with Crippen molar-refractivity contribution in [3.63, 3.8) is 0 Å². The second-order valence-corrected chi connectivity index (χ2v) is 16.2. The molecule has 10 heteroatoms. The van der Waals surface area contributed by atoms with Crippen molar-refractivity contribution in [2.45, 2.75) is 64.8 Å². The van der Waals surface area contributed by atoms with E-state index in [0.717, 1.165) is 59.0 Å². The third-order valence-electron chi connectivity index (χ3n) is 6.39. The average molecular weight is 509 g/mol. The molecule has 4 aromatic rings. The summed E-state index contributed by atoms with van der Waals surface area (Å²) >= 11 is 0. The molecule has 8 nitrogen and oxygen atoms in total. The highest BCUT2D eigenvalue weighted by molar-refractivity contribution is 6.76. The van der Waals surface area contributed by atoms with E-state index in [1.54, 1.807) is 12.3 Å². The van der Waals surface area contributed by atoms with E-state index in [-0.39, 0.29) is 12.0 Å². The largest absolute Gasteiger partial charge is 0.359 e. The van der Waals surface area contributed by atoms with Gasteiger partial charge in [-0.3, -0.25) is 4.98 Å². The highest BCUT2D eigenvalue weighted by Crippen LogP contribution is 2.37. The lowest BCUT2D eigenvalue weighted by molar-refractivity contribution is -0.0383. The molecule has 1 atom stereocenters. The first-order chi connectivity index (χ1) is 17.3. The average Bonchev–Trinajstić information content (AvgIpc) is 3.44. The Bertz CT molecular complexity index is 1340. The topological polar surface area (TPSA) is 79.9 Å². The van der Waals surface area contributed by atoms with Gasteiger partial charge in [0.1, 0.15) is 18.2 Å². The SMILES string of the molecule is Cc1ccc2c(-c3cnn(C4CCCCO4)c3-c3ccc(F)cn3)nn(COCC[Si](C)(C)C)c2n1. The number of nitrogens with zero attached hydrogens (tertiary/aromatic N) is 6. The fourth-order valence-corrected chi connectivity index (χ4v) is 5.16. The fraction of sp³-hybridized carbons (Fsp3) is 0.462. The molecule has 5 heterocycles. The fourth-order valence-electron chi connectivity index (χ4n) is 4.41. The highest BCUT2D eigenvalue weighted by atomic mass is 28.3. The first-order valence-corrected chi connectivity index (χ1v) is 16.2. The first-order valence-electron chi connectivity index (χ1n) is 12.5. The van der Waals surface area contributed by atoms with Crippen LogP contribution >= 0.6 is 0 Å². The molecule has 0 N–H and O–H groups in total. The van der Waals surface area contributed by atoms with Crippen LogP contribution < -0.4 is 0 Å². The third-order valence-corrected chi connectivity index (χ3v) is 8.10. The van der Waals surface area contributed by atoms with E-state index in [4.69, 9.17) is 24.7 Å². The Labute approximate surface area is 211 Å². The lowest BCUT2D eigenvalue weighted by atomic mass is 10.1. The van der Waals surface area contributed by atoms with Crippen LogP contribution in [0.2, 0.25) is 25.7 Å². The van der Waals surface area contributed by atoms with Gasteiger partial charge >= 0.3 is 0 Å². The second-order valence-electron chi connectivity index (χ2n) is 10.6. The van der Waals surface area contributed by atoms with Crippen molar-refractivity contribution in [3.8, 4) is 22.6 Å². The molecule has 1 unspecified atom stereocenters. The van der Waals surface area contributed by atoms with Crippen LogP contribution in [0, 0.1) is 12.7 Å². The zero-order valence-electron chi connectivity index (χ0n) is 21.4. The molecule has 4 aromatic heterocycles. The predicted molar refractivity (Wildman–Crippen MR) is 140 cm³/mol. The summed E-state index contributed by atoms with van der Waals surface area (Å²) in [5, 5.41) is 10.6. The molecule has 0 radical (unpaired) electrons. The Morgan fingerprint density at radius 1 is 1.14 bits per heavy atom. The van der Waals surface area contributed by atoms with Crippen LogP contribution in [0.3, 0.4) is 0 Å². The molecule has 0 aromatic carbocycles. The van der Waals surface area contributed by atoms with Crippen LogP contribution in [0.1, 0.15) is 31.2 Å². The lowest BCUT2D eigenvalue weighted by Gasteiger charge is -2.24. The maximum Gasteiger partial charge on any atom is 0.161 e. The van der Waals surface area contributed by atoms with Crippen molar-refractivity contribution in [1.29, 1.82) is 0 Å². The molecule has 1 aliphatic heterocycles. The number of rotatable bonds is 8. The van der Waals surface area contributed by atoms with Gasteiger partial charge in [0.15, 0.2) is 11.9 Å². The normalized spacial score (nSPS) is 16.6. The minimum absolute atomic E-state index is 0.201. The zero-order chi connectivity index (χ0) is 25.3. The van der Waals surface area contributed by atoms with E-state index in [0.29, 0.717) is 25.6 Å². The van der Waals surface area contributed by atoms with Gasteiger partial charge in [-0.2, -0.15) is 10.2 Å². The molecule has 1 aliphatic rings. The summed E-state index contributed by atoms with van der Waals surface area (Å²) < 4.78 is 29.5. The Kier molecular flexibility index (Phi) is 7.00. The van der Waals surface area contributed by atoms with Crippen LogP contribution in [-0.2, 0) is 16.2 Å². The van der Waals surface area contributed by atoms with Gasteiger partial charge in [0, 0.05) is 32.4 Å². The number of fused-ring (bicyclic) bond motifs is 1. The molecule has 0 saturated carbocycles. The lowest BCUT2D eigenvalue weighted by Crippen LogP contribution is -2.22. The maximum atomic E-state index is 13.7. The van der Waals surface area contributed by atoms with Gasteiger partial charge in [0.25, 0.3) is 0 Å². The number of aromatic nitrogens is 6. The van der Waals surface area contributed by atoms with E-state index in [9.17, 15) is 4.39 Å². The monoisotopic (exact) mass is 508 g/mol. The molecular weight excluding hydrogens is 475 g/mol. The van der Waals surface area contributed by atoms with Gasteiger partial charge in [-0.1, -0.05) is 19.6 Å². The standard InChI is InChI=1S/C26H33FN6O2Si/c1-18-8-10-20-24(31-32(26(20)30-18)17-34-13-14-36(2,3)4)21-16-29-33(23-7-5-6-12-35-23)25(21)22-11-9-19(27)15-28-22/h8-11,15-16,23H,5-7,12-14,17H2,1-4H3. The smallest absolute Gasteiger partial charge is 0.161 e. The van der Waals surface area contributed by atoms with Crippen LogP contribution in [0.15, 0.2) is 36.7 Å². The highest BCUT2D eigenvalue weighted by Gasteiger charge is 2.27. The predicted octanol–water partition coefficient (Wildman–Crippen LogP) is 5.82. The van der Waals surface area contributed by atoms with Gasteiger partial charge in [-0.05, 0) is 56.5 Å². The number of hydrogen-bond acceptors (Lipinski definition) is 6. The third kappa shape index (κ3) is 5.25. The summed E-state index contributed by atoms with van der Waals surface area (Å²) in [7, 11) is -1.20. The molecule has 0 spiro atoms.